The van der Waals surface area contributed by atoms with Crippen LogP contribution in [0.1, 0.15) is 6.42 Å². The Balaban J connectivity index is 2.15. The van der Waals surface area contributed by atoms with Crippen molar-refractivity contribution in [1.29, 1.82) is 0 Å². The molecule has 3 N–H and O–H groups in total. The van der Waals surface area contributed by atoms with Crippen molar-refractivity contribution in [1.82, 2.24) is 5.32 Å². The third-order valence-electron chi connectivity index (χ3n) is 2.70. The molecule has 1 aliphatic heterocycles. The van der Waals surface area contributed by atoms with E-state index in [1.807, 2.05) is 6.07 Å². The average molecular weight is 233 g/mol. The summed E-state index contributed by atoms with van der Waals surface area (Å²) in [4.78, 5) is 25.0. The lowest BCUT2D eigenvalue weighted by Crippen LogP contribution is -2.40. The molecule has 90 valence electrons. The van der Waals surface area contributed by atoms with Gasteiger partial charge < -0.3 is 11.1 Å². The topological polar surface area (TPSA) is 75.4 Å². The summed E-state index contributed by atoms with van der Waals surface area (Å²) in [5.74, 6) is -0.370. The zero-order chi connectivity index (χ0) is 12.3. The van der Waals surface area contributed by atoms with E-state index >= 15 is 0 Å². The fourth-order valence-corrected chi connectivity index (χ4v) is 1.90. The van der Waals surface area contributed by atoms with E-state index in [-0.39, 0.29) is 18.2 Å². The van der Waals surface area contributed by atoms with Crippen molar-refractivity contribution in [2.24, 2.45) is 5.73 Å². The third-order valence-corrected chi connectivity index (χ3v) is 2.70. The molecule has 1 aromatic carbocycles. The molecule has 1 saturated heterocycles. The highest BCUT2D eigenvalue weighted by molar-refractivity contribution is 6.22. The molecule has 5 heteroatoms. The van der Waals surface area contributed by atoms with Gasteiger partial charge in [0.25, 0.3) is 5.91 Å². The second kappa shape index (κ2) is 5.07. The molecular weight excluding hydrogens is 218 g/mol. The van der Waals surface area contributed by atoms with Gasteiger partial charge in [0.15, 0.2) is 0 Å². The maximum atomic E-state index is 12.0. The van der Waals surface area contributed by atoms with Crippen LogP contribution in [0.4, 0.5) is 5.69 Å². The number of hydrogen-bond donors (Lipinski definition) is 2. The van der Waals surface area contributed by atoms with E-state index in [1.165, 1.54) is 4.90 Å². The molecule has 0 aromatic heterocycles. The summed E-state index contributed by atoms with van der Waals surface area (Å²) in [6, 6.07) is 8.51. The first-order valence-corrected chi connectivity index (χ1v) is 5.59. The minimum Gasteiger partial charge on any atom is -0.329 e. The summed E-state index contributed by atoms with van der Waals surface area (Å²) < 4.78 is 0. The van der Waals surface area contributed by atoms with Crippen LogP contribution in [0.5, 0.6) is 0 Å². The lowest BCUT2D eigenvalue weighted by Gasteiger charge is -2.15. The SMILES string of the molecule is NCCNC1CC(=O)N(c2ccccc2)C1=O. The maximum absolute atomic E-state index is 12.0. The third kappa shape index (κ3) is 2.35. The normalized spacial score (nSPS) is 20.1. The number of amides is 2. The second-order valence-corrected chi connectivity index (χ2v) is 3.90. The summed E-state index contributed by atoms with van der Waals surface area (Å²) in [5, 5.41) is 2.97. The molecule has 5 nitrogen and oxygen atoms in total. The molecule has 17 heavy (non-hydrogen) atoms. The van der Waals surface area contributed by atoms with Crippen molar-refractivity contribution in [2.75, 3.05) is 18.0 Å². The number of anilines is 1. The van der Waals surface area contributed by atoms with Gasteiger partial charge >= 0.3 is 0 Å². The largest absolute Gasteiger partial charge is 0.329 e. The fraction of sp³-hybridized carbons (Fsp3) is 0.333. The Hall–Kier alpha value is -1.72. The lowest BCUT2D eigenvalue weighted by molar-refractivity contribution is -0.121. The second-order valence-electron chi connectivity index (χ2n) is 3.90. The monoisotopic (exact) mass is 233 g/mol. The molecule has 0 spiro atoms. The molecule has 1 aromatic rings. The average Bonchev–Trinajstić information content (AvgIpc) is 2.63. The standard InChI is InChI=1S/C12H15N3O2/c13-6-7-14-10-8-11(16)15(12(10)17)9-4-2-1-3-5-9/h1-5,10,14H,6-8,13H2. The summed E-state index contributed by atoms with van der Waals surface area (Å²) >= 11 is 0. The van der Waals surface area contributed by atoms with Crippen LogP contribution in [-0.4, -0.2) is 30.9 Å². The predicted octanol–water partition coefficient (Wildman–Crippen LogP) is -0.133. The quantitative estimate of drug-likeness (QED) is 0.710. The highest BCUT2D eigenvalue weighted by Gasteiger charge is 2.38. The molecule has 0 aliphatic carbocycles. The predicted molar refractivity (Wildman–Crippen MR) is 64.4 cm³/mol. The molecule has 0 radical (unpaired) electrons. The minimum atomic E-state index is -0.439. The zero-order valence-corrected chi connectivity index (χ0v) is 9.43. The van der Waals surface area contributed by atoms with E-state index in [0.717, 1.165) is 0 Å². The van der Waals surface area contributed by atoms with Crippen molar-refractivity contribution in [3.05, 3.63) is 30.3 Å². The Labute approximate surface area is 99.6 Å². The first-order valence-electron chi connectivity index (χ1n) is 5.59. The Kier molecular flexibility index (Phi) is 3.51. The smallest absolute Gasteiger partial charge is 0.251 e. The van der Waals surface area contributed by atoms with Crippen LogP contribution in [-0.2, 0) is 9.59 Å². The number of hydrogen-bond acceptors (Lipinski definition) is 4. The molecule has 0 saturated carbocycles. The maximum Gasteiger partial charge on any atom is 0.251 e. The van der Waals surface area contributed by atoms with Gasteiger partial charge in [0.05, 0.1) is 18.2 Å². The van der Waals surface area contributed by atoms with Gasteiger partial charge in [-0.25, -0.2) is 4.90 Å². The summed E-state index contributed by atoms with van der Waals surface area (Å²) in [7, 11) is 0. The van der Waals surface area contributed by atoms with Crippen LogP contribution >= 0.6 is 0 Å². The van der Waals surface area contributed by atoms with E-state index in [4.69, 9.17) is 5.73 Å². The number of carbonyl (C=O) groups is 2. The van der Waals surface area contributed by atoms with Crippen molar-refractivity contribution in [2.45, 2.75) is 12.5 Å². The molecule has 2 amide bonds. The number of para-hydroxylation sites is 1. The number of nitrogens with zero attached hydrogens (tertiary/aromatic N) is 1. The highest BCUT2D eigenvalue weighted by atomic mass is 16.2. The van der Waals surface area contributed by atoms with Gasteiger partial charge in [-0.05, 0) is 12.1 Å². The van der Waals surface area contributed by atoms with Crippen LogP contribution in [0.3, 0.4) is 0 Å². The van der Waals surface area contributed by atoms with Crippen molar-refractivity contribution < 1.29 is 9.59 Å². The van der Waals surface area contributed by atoms with Crippen molar-refractivity contribution in [3.63, 3.8) is 0 Å². The Morgan fingerprint density at radius 3 is 2.65 bits per heavy atom. The van der Waals surface area contributed by atoms with Gasteiger partial charge in [-0.1, -0.05) is 18.2 Å². The van der Waals surface area contributed by atoms with Gasteiger partial charge in [-0.15, -0.1) is 0 Å². The van der Waals surface area contributed by atoms with Gasteiger partial charge in [-0.3, -0.25) is 9.59 Å². The minimum absolute atomic E-state index is 0.171. The summed E-state index contributed by atoms with van der Waals surface area (Å²) in [6.45, 7) is 0.982. The van der Waals surface area contributed by atoms with Crippen LogP contribution < -0.4 is 16.0 Å². The van der Waals surface area contributed by atoms with Gasteiger partial charge in [0.1, 0.15) is 0 Å². The number of benzene rings is 1. The molecule has 1 unspecified atom stereocenters. The van der Waals surface area contributed by atoms with Gasteiger partial charge in [0.2, 0.25) is 5.91 Å². The molecular formula is C12H15N3O2. The summed E-state index contributed by atoms with van der Waals surface area (Å²) in [5.41, 5.74) is 5.98. The zero-order valence-electron chi connectivity index (χ0n) is 9.43. The van der Waals surface area contributed by atoms with Gasteiger partial charge in [-0.2, -0.15) is 0 Å². The van der Waals surface area contributed by atoms with E-state index in [9.17, 15) is 9.59 Å². The van der Waals surface area contributed by atoms with Crippen LogP contribution in [0.2, 0.25) is 0 Å². The van der Waals surface area contributed by atoms with E-state index < -0.39 is 6.04 Å². The van der Waals surface area contributed by atoms with Gasteiger partial charge in [0, 0.05) is 13.1 Å². The molecule has 1 heterocycles. The molecule has 0 bridgehead atoms. The van der Waals surface area contributed by atoms with Crippen LogP contribution in [0.25, 0.3) is 0 Å². The Morgan fingerprint density at radius 2 is 2.00 bits per heavy atom. The lowest BCUT2D eigenvalue weighted by atomic mass is 10.2. The van der Waals surface area contributed by atoms with Crippen molar-refractivity contribution >= 4 is 17.5 Å². The molecule has 1 atom stereocenters. The highest BCUT2D eigenvalue weighted by Crippen LogP contribution is 2.22. The van der Waals surface area contributed by atoms with E-state index in [1.54, 1.807) is 24.3 Å². The van der Waals surface area contributed by atoms with Crippen LogP contribution in [0, 0.1) is 0 Å². The number of carbonyl (C=O) groups excluding carboxylic acids is 2. The number of rotatable bonds is 4. The van der Waals surface area contributed by atoms with E-state index in [2.05, 4.69) is 5.32 Å². The number of imide groups is 1. The number of nitrogens with one attached hydrogen (secondary N) is 1. The number of nitrogens with two attached hydrogens (primary N) is 1. The first-order chi connectivity index (χ1) is 8.24. The molecule has 1 fully saturated rings. The van der Waals surface area contributed by atoms with Crippen LogP contribution in [0.15, 0.2) is 30.3 Å². The van der Waals surface area contributed by atoms with E-state index in [0.29, 0.717) is 18.8 Å². The Morgan fingerprint density at radius 1 is 1.29 bits per heavy atom. The molecule has 1 aliphatic rings. The first kappa shape index (κ1) is 11.8. The molecule has 2 rings (SSSR count). The summed E-state index contributed by atoms with van der Waals surface area (Å²) in [6.07, 6.45) is 0.202. The Bertz CT molecular complexity index is 419. The fourth-order valence-electron chi connectivity index (χ4n) is 1.90. The van der Waals surface area contributed by atoms with Crippen molar-refractivity contribution in [3.8, 4) is 0 Å².